The normalized spacial score (nSPS) is 16.6. The minimum absolute atomic E-state index is 0.0347. The fourth-order valence-electron chi connectivity index (χ4n) is 4.19. The zero-order chi connectivity index (χ0) is 20.3. The van der Waals surface area contributed by atoms with E-state index in [9.17, 15) is 4.79 Å². The molecule has 0 radical (unpaired) electrons. The Hall–Kier alpha value is -2.00. The molecule has 0 saturated heterocycles. The van der Waals surface area contributed by atoms with Gasteiger partial charge < -0.3 is 10.1 Å². The Bertz CT molecular complexity index is 832. The molecule has 1 N–H and O–H groups in total. The van der Waals surface area contributed by atoms with Gasteiger partial charge in [-0.2, -0.15) is 0 Å². The van der Waals surface area contributed by atoms with Crippen molar-refractivity contribution in [3.8, 4) is 5.75 Å². The van der Waals surface area contributed by atoms with E-state index in [1.807, 2.05) is 50.2 Å². The van der Waals surface area contributed by atoms with E-state index in [0.717, 1.165) is 60.2 Å². The molecule has 2 aromatic rings. The molecule has 28 heavy (non-hydrogen) atoms. The fraction of sp³-hybridized carbons (Fsp3) is 0.458. The van der Waals surface area contributed by atoms with Crippen molar-refractivity contribution in [1.82, 2.24) is 0 Å². The van der Waals surface area contributed by atoms with Crippen molar-refractivity contribution in [1.29, 1.82) is 0 Å². The highest BCUT2D eigenvalue weighted by molar-refractivity contribution is 6.31. The largest absolute Gasteiger partial charge is 0.490 e. The molecule has 0 aromatic heterocycles. The zero-order valence-electron chi connectivity index (χ0n) is 17.3. The summed E-state index contributed by atoms with van der Waals surface area (Å²) in [5.41, 5.74) is 3.28. The van der Waals surface area contributed by atoms with E-state index in [2.05, 4.69) is 19.2 Å². The van der Waals surface area contributed by atoms with Crippen molar-refractivity contribution in [2.75, 3.05) is 5.32 Å². The number of hydrogen-bond donors (Lipinski definition) is 1. The number of aryl methyl sites for hydroxylation is 2. The first-order chi connectivity index (χ1) is 13.4. The average molecular weight is 400 g/mol. The maximum Gasteiger partial charge on any atom is 0.235 e. The summed E-state index contributed by atoms with van der Waals surface area (Å²) in [6, 6.07) is 11.7. The number of benzene rings is 2. The summed E-state index contributed by atoms with van der Waals surface area (Å²) in [7, 11) is 0. The van der Waals surface area contributed by atoms with Crippen LogP contribution in [-0.2, 0) is 10.2 Å². The zero-order valence-corrected chi connectivity index (χ0v) is 18.0. The molecule has 1 aliphatic carbocycles. The quantitative estimate of drug-likeness (QED) is 0.595. The Morgan fingerprint density at radius 1 is 1.18 bits per heavy atom. The van der Waals surface area contributed by atoms with Crippen LogP contribution in [0.25, 0.3) is 0 Å². The van der Waals surface area contributed by atoms with Crippen molar-refractivity contribution in [3.63, 3.8) is 0 Å². The Morgan fingerprint density at radius 2 is 1.79 bits per heavy atom. The van der Waals surface area contributed by atoms with Crippen LogP contribution in [0.3, 0.4) is 0 Å². The van der Waals surface area contributed by atoms with Crippen LogP contribution in [0, 0.1) is 13.8 Å². The van der Waals surface area contributed by atoms with Crippen LogP contribution in [0.2, 0.25) is 5.02 Å². The molecule has 0 heterocycles. The van der Waals surface area contributed by atoms with E-state index in [-0.39, 0.29) is 12.0 Å². The molecular weight excluding hydrogens is 370 g/mol. The minimum atomic E-state index is -0.550. The molecule has 0 spiro atoms. The van der Waals surface area contributed by atoms with Gasteiger partial charge in [-0.3, -0.25) is 4.79 Å². The lowest BCUT2D eigenvalue weighted by Crippen LogP contribution is -2.38. The van der Waals surface area contributed by atoms with E-state index >= 15 is 0 Å². The van der Waals surface area contributed by atoms with Gasteiger partial charge in [-0.1, -0.05) is 49.6 Å². The van der Waals surface area contributed by atoms with Crippen LogP contribution in [0.1, 0.15) is 62.6 Å². The van der Waals surface area contributed by atoms with Gasteiger partial charge >= 0.3 is 0 Å². The van der Waals surface area contributed by atoms with Crippen LogP contribution < -0.4 is 10.1 Å². The second kappa shape index (κ2) is 8.57. The van der Waals surface area contributed by atoms with Gasteiger partial charge in [-0.05, 0) is 74.9 Å². The molecule has 0 bridgehead atoms. The summed E-state index contributed by atoms with van der Waals surface area (Å²) in [5, 5.41) is 3.84. The third kappa shape index (κ3) is 4.05. The lowest BCUT2D eigenvalue weighted by atomic mass is 9.78. The first-order valence-electron chi connectivity index (χ1n) is 10.2. The smallest absolute Gasteiger partial charge is 0.235 e. The number of carbonyl (C=O) groups is 1. The number of amides is 1. The first kappa shape index (κ1) is 20.7. The second-order valence-electron chi connectivity index (χ2n) is 8.00. The number of anilines is 1. The molecule has 150 valence electrons. The molecule has 0 aliphatic heterocycles. The maximum atomic E-state index is 13.4. The molecule has 2 aromatic carbocycles. The molecule has 3 rings (SSSR count). The molecular formula is C24H30ClNO2. The first-order valence-corrected chi connectivity index (χ1v) is 10.6. The van der Waals surface area contributed by atoms with Gasteiger partial charge in [0.05, 0.1) is 11.5 Å². The molecule has 1 aliphatic rings. The van der Waals surface area contributed by atoms with Crippen molar-refractivity contribution in [2.45, 2.75) is 71.3 Å². The van der Waals surface area contributed by atoms with Gasteiger partial charge in [0.25, 0.3) is 0 Å². The Labute approximate surface area is 173 Å². The molecule has 1 atom stereocenters. The molecule has 4 heteroatoms. The maximum absolute atomic E-state index is 13.4. The van der Waals surface area contributed by atoms with Gasteiger partial charge in [0.2, 0.25) is 5.91 Å². The van der Waals surface area contributed by atoms with Gasteiger partial charge in [-0.15, -0.1) is 0 Å². The monoisotopic (exact) mass is 399 g/mol. The van der Waals surface area contributed by atoms with Crippen molar-refractivity contribution in [2.24, 2.45) is 0 Å². The summed E-state index contributed by atoms with van der Waals surface area (Å²) < 4.78 is 6.06. The van der Waals surface area contributed by atoms with Crippen LogP contribution in [0.15, 0.2) is 36.4 Å². The lowest BCUT2D eigenvalue weighted by Gasteiger charge is -2.29. The van der Waals surface area contributed by atoms with Crippen molar-refractivity contribution in [3.05, 3.63) is 58.1 Å². The number of carbonyl (C=O) groups excluding carboxylic acids is 1. The Balaban J connectivity index is 1.88. The second-order valence-corrected chi connectivity index (χ2v) is 8.41. The molecule has 1 amide bonds. The van der Waals surface area contributed by atoms with Gasteiger partial charge in [0, 0.05) is 10.7 Å². The molecule has 1 unspecified atom stereocenters. The highest BCUT2D eigenvalue weighted by Gasteiger charge is 2.43. The van der Waals surface area contributed by atoms with E-state index in [1.165, 1.54) is 0 Å². The number of ether oxygens (including phenoxy) is 1. The average Bonchev–Trinajstić information content (AvgIpc) is 3.16. The highest BCUT2D eigenvalue weighted by atomic mass is 35.5. The highest BCUT2D eigenvalue weighted by Crippen LogP contribution is 2.44. The molecule has 1 saturated carbocycles. The predicted octanol–water partition coefficient (Wildman–Crippen LogP) is 6.58. The third-order valence-corrected chi connectivity index (χ3v) is 6.22. The van der Waals surface area contributed by atoms with Gasteiger partial charge in [-0.25, -0.2) is 0 Å². The van der Waals surface area contributed by atoms with Crippen molar-refractivity contribution >= 4 is 23.2 Å². The summed E-state index contributed by atoms with van der Waals surface area (Å²) >= 11 is 6.48. The minimum Gasteiger partial charge on any atom is -0.490 e. The van der Waals surface area contributed by atoms with E-state index in [0.29, 0.717) is 5.02 Å². The summed E-state index contributed by atoms with van der Waals surface area (Å²) in [5.74, 6) is 0.946. The lowest BCUT2D eigenvalue weighted by molar-refractivity contribution is -0.121. The van der Waals surface area contributed by atoms with Crippen molar-refractivity contribution < 1.29 is 9.53 Å². The fourth-order valence-corrected chi connectivity index (χ4v) is 4.51. The standard InChI is InChI=1S/C24H30ClNO2/c1-5-18(4)28-22-16(2)14-19(15-17(22)3)26-23(27)24(12-8-9-13-24)20-10-6-7-11-21(20)25/h6-7,10-11,14-15,18H,5,8-9,12-13H2,1-4H3,(H,26,27). The summed E-state index contributed by atoms with van der Waals surface area (Å²) in [4.78, 5) is 13.4. The van der Waals surface area contributed by atoms with Crippen LogP contribution >= 0.6 is 11.6 Å². The topological polar surface area (TPSA) is 38.3 Å². The van der Waals surface area contributed by atoms with E-state index < -0.39 is 5.41 Å². The summed E-state index contributed by atoms with van der Waals surface area (Å²) in [6.45, 7) is 8.24. The SMILES string of the molecule is CCC(C)Oc1c(C)cc(NC(=O)C2(c3ccccc3Cl)CCCC2)cc1C. The number of hydrogen-bond acceptors (Lipinski definition) is 2. The van der Waals surface area contributed by atoms with Crippen LogP contribution in [0.4, 0.5) is 5.69 Å². The van der Waals surface area contributed by atoms with E-state index in [1.54, 1.807) is 0 Å². The van der Waals surface area contributed by atoms with Crippen LogP contribution in [-0.4, -0.2) is 12.0 Å². The van der Waals surface area contributed by atoms with Gasteiger partial charge in [0.15, 0.2) is 0 Å². The Kier molecular flexibility index (Phi) is 6.34. The Morgan fingerprint density at radius 3 is 2.36 bits per heavy atom. The van der Waals surface area contributed by atoms with Crippen LogP contribution in [0.5, 0.6) is 5.75 Å². The molecule has 1 fully saturated rings. The van der Waals surface area contributed by atoms with E-state index in [4.69, 9.17) is 16.3 Å². The molecule has 3 nitrogen and oxygen atoms in total. The number of halogens is 1. The number of rotatable bonds is 6. The number of nitrogens with one attached hydrogen (secondary N) is 1. The third-order valence-electron chi connectivity index (χ3n) is 5.89. The predicted molar refractivity (Wildman–Crippen MR) is 117 cm³/mol. The summed E-state index contributed by atoms with van der Waals surface area (Å²) in [6.07, 6.45) is 4.86. The van der Waals surface area contributed by atoms with Gasteiger partial charge in [0.1, 0.15) is 5.75 Å².